The first-order valence-electron chi connectivity index (χ1n) is 6.53. The highest BCUT2D eigenvalue weighted by Gasteiger charge is 2.29. The van der Waals surface area contributed by atoms with Gasteiger partial charge < -0.3 is 16.0 Å². The Kier molecular flexibility index (Phi) is 6.48. The first-order chi connectivity index (χ1) is 9.22. The number of carbonyl (C=O) groups excluding carboxylic acids is 2. The van der Waals surface area contributed by atoms with Crippen LogP contribution in [-0.2, 0) is 9.59 Å². The largest absolute Gasteiger partial charge is 0.346 e. The molecule has 1 heterocycles. The lowest BCUT2D eigenvalue weighted by Gasteiger charge is -2.25. The number of hydrogen-bond donors (Lipinski definition) is 2. The number of likely N-dealkylation sites (tertiary alicyclic amines) is 1. The summed E-state index contributed by atoms with van der Waals surface area (Å²) in [5.74, 6) is -0.350. The zero-order valence-electron chi connectivity index (χ0n) is 11.2. The van der Waals surface area contributed by atoms with Gasteiger partial charge in [0.15, 0.2) is 0 Å². The van der Waals surface area contributed by atoms with E-state index in [4.69, 9.17) is 5.73 Å². The van der Waals surface area contributed by atoms with E-state index in [-0.39, 0.29) is 43.4 Å². The van der Waals surface area contributed by atoms with Crippen LogP contribution < -0.4 is 11.1 Å². The lowest BCUT2D eigenvalue weighted by molar-refractivity contribution is -0.133. The molecule has 20 heavy (non-hydrogen) atoms. The third-order valence-electron chi connectivity index (χ3n) is 3.38. The van der Waals surface area contributed by atoms with Crippen LogP contribution in [0.2, 0.25) is 0 Å². The van der Waals surface area contributed by atoms with Crippen molar-refractivity contribution in [3.05, 3.63) is 35.9 Å². The summed E-state index contributed by atoms with van der Waals surface area (Å²) >= 11 is 0. The minimum atomic E-state index is -0.302. The second kappa shape index (κ2) is 7.87. The van der Waals surface area contributed by atoms with Gasteiger partial charge in [-0.2, -0.15) is 0 Å². The van der Waals surface area contributed by atoms with E-state index in [0.717, 1.165) is 24.9 Å². The quantitative estimate of drug-likeness (QED) is 0.865. The Morgan fingerprint density at radius 3 is 2.65 bits per heavy atom. The molecule has 0 radical (unpaired) electrons. The monoisotopic (exact) mass is 297 g/mol. The number of nitrogens with one attached hydrogen (secondary N) is 1. The molecule has 0 spiro atoms. The minimum Gasteiger partial charge on any atom is -0.346 e. The van der Waals surface area contributed by atoms with E-state index in [1.165, 1.54) is 0 Å². The molecule has 1 aromatic rings. The van der Waals surface area contributed by atoms with Crippen LogP contribution in [0.3, 0.4) is 0 Å². The van der Waals surface area contributed by atoms with Crippen molar-refractivity contribution in [3.63, 3.8) is 0 Å². The topological polar surface area (TPSA) is 75.4 Å². The zero-order chi connectivity index (χ0) is 13.7. The molecule has 5 nitrogen and oxygen atoms in total. The third kappa shape index (κ3) is 3.95. The van der Waals surface area contributed by atoms with Crippen molar-refractivity contribution in [1.82, 2.24) is 10.2 Å². The normalized spacial score (nSPS) is 17.4. The Balaban J connectivity index is 0.00000200. The van der Waals surface area contributed by atoms with Gasteiger partial charge in [-0.15, -0.1) is 12.4 Å². The van der Waals surface area contributed by atoms with Crippen LogP contribution in [0.15, 0.2) is 30.3 Å². The summed E-state index contributed by atoms with van der Waals surface area (Å²) in [6, 6.07) is 10.1. The molecule has 1 atom stereocenters. The van der Waals surface area contributed by atoms with Crippen molar-refractivity contribution in [1.29, 1.82) is 0 Å². The molecule has 2 amide bonds. The second-order valence-electron chi connectivity index (χ2n) is 4.64. The van der Waals surface area contributed by atoms with Crippen LogP contribution in [-0.4, -0.2) is 36.3 Å². The molecular weight excluding hydrogens is 278 g/mol. The second-order valence-corrected chi connectivity index (χ2v) is 4.64. The third-order valence-corrected chi connectivity index (χ3v) is 3.38. The number of carbonyl (C=O) groups is 2. The smallest absolute Gasteiger partial charge is 0.242 e. The molecule has 2 rings (SSSR count). The lowest BCUT2D eigenvalue weighted by atomic mass is 10.0. The van der Waals surface area contributed by atoms with E-state index >= 15 is 0 Å². The fourth-order valence-corrected chi connectivity index (χ4v) is 2.43. The standard InChI is InChI=1S/C14H19N3O2.ClH/c15-9-13(18)16-10-14(19)17-8-4-7-12(17)11-5-2-1-3-6-11;/h1-3,5-6,12H,4,7-10,15H2,(H,16,18);1H. The molecule has 1 aliphatic heterocycles. The Bertz CT molecular complexity index is 453. The van der Waals surface area contributed by atoms with Crippen molar-refractivity contribution in [2.24, 2.45) is 5.73 Å². The van der Waals surface area contributed by atoms with Gasteiger partial charge in [0, 0.05) is 6.54 Å². The Morgan fingerprint density at radius 2 is 2.00 bits per heavy atom. The first kappa shape index (κ1) is 16.5. The number of nitrogens with two attached hydrogens (primary N) is 1. The average molecular weight is 298 g/mol. The molecule has 3 N–H and O–H groups in total. The zero-order valence-corrected chi connectivity index (χ0v) is 12.1. The maximum atomic E-state index is 12.1. The van der Waals surface area contributed by atoms with Crippen LogP contribution >= 0.6 is 12.4 Å². The molecule has 1 aliphatic rings. The summed E-state index contributed by atoms with van der Waals surface area (Å²) in [6.07, 6.45) is 1.97. The van der Waals surface area contributed by atoms with Crippen LogP contribution in [0.4, 0.5) is 0 Å². The summed E-state index contributed by atoms with van der Waals surface area (Å²) < 4.78 is 0. The van der Waals surface area contributed by atoms with E-state index in [0.29, 0.717) is 0 Å². The van der Waals surface area contributed by atoms with Crippen LogP contribution in [0.1, 0.15) is 24.4 Å². The van der Waals surface area contributed by atoms with Gasteiger partial charge in [0.05, 0.1) is 19.1 Å². The van der Waals surface area contributed by atoms with Crippen molar-refractivity contribution in [2.45, 2.75) is 18.9 Å². The first-order valence-corrected chi connectivity index (χ1v) is 6.53. The molecule has 0 saturated carbocycles. The lowest BCUT2D eigenvalue weighted by Crippen LogP contribution is -2.41. The summed E-state index contributed by atoms with van der Waals surface area (Å²) in [6.45, 7) is 0.686. The highest BCUT2D eigenvalue weighted by molar-refractivity contribution is 5.86. The van der Waals surface area contributed by atoms with Gasteiger partial charge in [-0.25, -0.2) is 0 Å². The van der Waals surface area contributed by atoms with Crippen molar-refractivity contribution < 1.29 is 9.59 Å². The van der Waals surface area contributed by atoms with Gasteiger partial charge in [0.25, 0.3) is 0 Å². The molecule has 110 valence electrons. The molecule has 1 unspecified atom stereocenters. The maximum absolute atomic E-state index is 12.1. The van der Waals surface area contributed by atoms with Gasteiger partial charge in [0.2, 0.25) is 11.8 Å². The Morgan fingerprint density at radius 1 is 1.30 bits per heavy atom. The predicted molar refractivity (Wildman–Crippen MR) is 79.4 cm³/mol. The summed E-state index contributed by atoms with van der Waals surface area (Å²) in [4.78, 5) is 25.0. The fraction of sp³-hybridized carbons (Fsp3) is 0.429. The highest BCUT2D eigenvalue weighted by atomic mass is 35.5. The molecular formula is C14H20ClN3O2. The van der Waals surface area contributed by atoms with Gasteiger partial charge in [-0.3, -0.25) is 9.59 Å². The van der Waals surface area contributed by atoms with Crippen molar-refractivity contribution in [2.75, 3.05) is 19.6 Å². The predicted octanol–water partition coefficient (Wildman–Crippen LogP) is 0.847. The summed E-state index contributed by atoms with van der Waals surface area (Å²) in [7, 11) is 0. The van der Waals surface area contributed by atoms with E-state index in [2.05, 4.69) is 5.32 Å². The van der Waals surface area contributed by atoms with Crippen LogP contribution in [0.5, 0.6) is 0 Å². The number of nitrogens with zero attached hydrogens (tertiary/aromatic N) is 1. The molecule has 1 aromatic carbocycles. The summed E-state index contributed by atoms with van der Waals surface area (Å²) in [5.41, 5.74) is 6.34. The Labute approximate surface area is 124 Å². The molecule has 1 fully saturated rings. The van der Waals surface area contributed by atoms with Crippen molar-refractivity contribution in [3.8, 4) is 0 Å². The van der Waals surface area contributed by atoms with E-state index < -0.39 is 0 Å². The minimum absolute atomic E-state index is 0. The average Bonchev–Trinajstić information content (AvgIpc) is 2.94. The molecule has 1 saturated heterocycles. The van der Waals surface area contributed by atoms with E-state index in [9.17, 15) is 9.59 Å². The highest BCUT2D eigenvalue weighted by Crippen LogP contribution is 2.31. The molecule has 0 aromatic heterocycles. The van der Waals surface area contributed by atoms with Crippen LogP contribution in [0.25, 0.3) is 0 Å². The molecule has 6 heteroatoms. The number of hydrogen-bond acceptors (Lipinski definition) is 3. The van der Waals surface area contributed by atoms with Crippen molar-refractivity contribution >= 4 is 24.2 Å². The number of amides is 2. The van der Waals surface area contributed by atoms with E-state index in [1.54, 1.807) is 0 Å². The van der Waals surface area contributed by atoms with Gasteiger partial charge >= 0.3 is 0 Å². The number of halogens is 1. The molecule has 0 aliphatic carbocycles. The van der Waals surface area contributed by atoms with Gasteiger partial charge in [-0.05, 0) is 18.4 Å². The summed E-state index contributed by atoms with van der Waals surface area (Å²) in [5, 5.41) is 2.53. The Hall–Kier alpha value is -1.59. The van der Waals surface area contributed by atoms with Gasteiger partial charge in [-0.1, -0.05) is 30.3 Å². The fourth-order valence-electron chi connectivity index (χ4n) is 2.43. The van der Waals surface area contributed by atoms with Gasteiger partial charge in [0.1, 0.15) is 0 Å². The number of rotatable bonds is 4. The maximum Gasteiger partial charge on any atom is 0.242 e. The molecule has 0 bridgehead atoms. The number of benzene rings is 1. The van der Waals surface area contributed by atoms with E-state index in [1.807, 2.05) is 35.2 Å². The SMILES string of the molecule is Cl.NCC(=O)NCC(=O)N1CCCC1c1ccccc1. The van der Waals surface area contributed by atoms with Crippen LogP contribution in [0, 0.1) is 0 Å².